The van der Waals surface area contributed by atoms with Crippen molar-refractivity contribution in [3.63, 3.8) is 0 Å². The summed E-state index contributed by atoms with van der Waals surface area (Å²) in [6.07, 6.45) is 3.70. The third-order valence-corrected chi connectivity index (χ3v) is 5.32. The van der Waals surface area contributed by atoms with Gasteiger partial charge in [0, 0.05) is 22.2 Å². The Morgan fingerprint density at radius 1 is 1.11 bits per heavy atom. The monoisotopic (exact) mass is 406 g/mol. The van der Waals surface area contributed by atoms with Gasteiger partial charge in [0.15, 0.2) is 5.11 Å². The first-order chi connectivity index (χ1) is 13.6. The molecule has 2 heterocycles. The normalized spacial score (nSPS) is 15.0. The van der Waals surface area contributed by atoms with Crippen molar-refractivity contribution in [3.8, 4) is 16.9 Å². The molecule has 0 spiro atoms. The molecule has 3 aromatic rings. The first-order valence-corrected chi connectivity index (χ1v) is 10.3. The Hall–Kier alpha value is -2.90. The predicted molar refractivity (Wildman–Crippen MR) is 117 cm³/mol. The van der Waals surface area contributed by atoms with Gasteiger partial charge in [-0.3, -0.25) is 10.1 Å². The van der Waals surface area contributed by atoms with E-state index in [2.05, 4.69) is 41.8 Å². The molecule has 1 fully saturated rings. The average Bonchev–Trinajstić information content (AvgIpc) is 3.26. The second kappa shape index (κ2) is 8.00. The molecule has 1 amide bonds. The van der Waals surface area contributed by atoms with Gasteiger partial charge in [0.05, 0.1) is 5.69 Å². The minimum Gasteiger partial charge on any atom is -0.328 e. The fraction of sp³-hybridized carbons (Fsp3) is 0.0952. The summed E-state index contributed by atoms with van der Waals surface area (Å²) in [4.78, 5) is 13.3. The summed E-state index contributed by atoms with van der Waals surface area (Å²) >= 11 is 6.83. The van der Waals surface area contributed by atoms with Crippen LogP contribution in [0.25, 0.3) is 23.0 Å². The largest absolute Gasteiger partial charge is 0.328 e. The van der Waals surface area contributed by atoms with Crippen molar-refractivity contribution < 1.29 is 4.79 Å². The number of amides is 1. The Morgan fingerprint density at radius 2 is 1.86 bits per heavy atom. The van der Waals surface area contributed by atoms with Gasteiger partial charge in [-0.25, -0.2) is 4.68 Å². The minimum atomic E-state index is -0.238. The maximum absolute atomic E-state index is 12.1. The van der Waals surface area contributed by atoms with Crippen molar-refractivity contribution in [3.05, 3.63) is 72.1 Å². The first-order valence-electron chi connectivity index (χ1n) is 8.86. The number of hydrogen-bond acceptors (Lipinski definition) is 4. The van der Waals surface area contributed by atoms with E-state index in [1.165, 1.54) is 4.90 Å². The van der Waals surface area contributed by atoms with E-state index in [-0.39, 0.29) is 5.91 Å². The third-order valence-electron chi connectivity index (χ3n) is 4.22. The zero-order valence-corrected chi connectivity index (χ0v) is 16.8. The van der Waals surface area contributed by atoms with E-state index in [1.54, 1.807) is 17.8 Å². The van der Waals surface area contributed by atoms with Gasteiger partial charge in [-0.1, -0.05) is 37.3 Å². The van der Waals surface area contributed by atoms with Crippen LogP contribution in [-0.2, 0) is 4.79 Å². The maximum atomic E-state index is 12.1. The second-order valence-corrected chi connectivity index (χ2v) is 7.88. The molecule has 0 unspecified atom stereocenters. The van der Waals surface area contributed by atoms with E-state index in [0.717, 1.165) is 28.3 Å². The summed E-state index contributed by atoms with van der Waals surface area (Å²) in [6, 6.07) is 18.2. The van der Waals surface area contributed by atoms with Gasteiger partial charge in [-0.2, -0.15) is 5.10 Å². The van der Waals surface area contributed by atoms with Crippen LogP contribution in [0.1, 0.15) is 12.5 Å². The number of carbonyl (C=O) groups is 1. The summed E-state index contributed by atoms with van der Waals surface area (Å²) in [5.41, 5.74) is 3.99. The summed E-state index contributed by atoms with van der Waals surface area (Å²) in [5, 5.41) is 10.6. The average molecular weight is 407 g/mol. The number of nitrogens with one attached hydrogen (secondary N) is 2. The molecule has 0 atom stereocenters. The van der Waals surface area contributed by atoms with Crippen LogP contribution < -0.4 is 10.6 Å². The Labute approximate surface area is 172 Å². The first kappa shape index (κ1) is 18.5. The molecule has 5 nitrogen and oxygen atoms in total. The van der Waals surface area contributed by atoms with Gasteiger partial charge in [-0.05, 0) is 48.3 Å². The highest BCUT2D eigenvalue weighted by Crippen LogP contribution is 2.28. The Morgan fingerprint density at radius 3 is 2.50 bits per heavy atom. The van der Waals surface area contributed by atoms with E-state index >= 15 is 0 Å². The fourth-order valence-electron chi connectivity index (χ4n) is 2.94. The zero-order valence-electron chi connectivity index (χ0n) is 15.2. The summed E-state index contributed by atoms with van der Waals surface area (Å²) in [6.45, 7) is 2.13. The van der Waals surface area contributed by atoms with E-state index in [4.69, 9.17) is 17.3 Å². The van der Waals surface area contributed by atoms with Gasteiger partial charge >= 0.3 is 0 Å². The number of hydrogen-bond donors (Lipinski definition) is 2. The molecule has 7 heteroatoms. The number of aromatic nitrogens is 2. The standard InChI is InChI=1S/C21H18N4OS2/c1-2-28-17-10-8-14(9-11-17)19-15(12-18-20(26)23-21(27)22-18)13-25(24-19)16-6-4-3-5-7-16/h3-13H,2H2,1H3,(H2,22,23,26,27)/b18-12-. The summed E-state index contributed by atoms with van der Waals surface area (Å²) in [7, 11) is 0. The number of thioether (sulfide) groups is 1. The number of carbonyl (C=O) groups excluding carboxylic acids is 1. The van der Waals surface area contributed by atoms with Crippen LogP contribution in [0.3, 0.4) is 0 Å². The molecule has 0 aliphatic carbocycles. The smallest absolute Gasteiger partial charge is 0.273 e. The Kier molecular flexibility index (Phi) is 5.27. The molecule has 0 saturated carbocycles. The zero-order chi connectivity index (χ0) is 19.5. The van der Waals surface area contributed by atoms with Gasteiger partial charge < -0.3 is 5.32 Å². The number of para-hydroxylation sites is 1. The highest BCUT2D eigenvalue weighted by atomic mass is 32.2. The van der Waals surface area contributed by atoms with Gasteiger partial charge in [0.25, 0.3) is 5.91 Å². The van der Waals surface area contributed by atoms with Crippen molar-refractivity contribution in [2.45, 2.75) is 11.8 Å². The SMILES string of the molecule is CCSc1ccc(-c2nn(-c3ccccc3)cc2/C=C2\NC(=S)NC2=O)cc1. The van der Waals surface area contributed by atoms with Gasteiger partial charge in [-0.15, -0.1) is 11.8 Å². The molecule has 1 aliphatic heterocycles. The lowest BCUT2D eigenvalue weighted by molar-refractivity contribution is -0.115. The van der Waals surface area contributed by atoms with Crippen LogP contribution in [0, 0.1) is 0 Å². The number of nitrogens with zero attached hydrogens (tertiary/aromatic N) is 2. The van der Waals surface area contributed by atoms with Crippen LogP contribution >= 0.6 is 24.0 Å². The molecule has 0 bridgehead atoms. The second-order valence-electron chi connectivity index (χ2n) is 6.14. The summed E-state index contributed by atoms with van der Waals surface area (Å²) < 4.78 is 1.82. The molecule has 2 aromatic carbocycles. The van der Waals surface area contributed by atoms with Crippen LogP contribution in [0.15, 0.2) is 71.4 Å². The highest BCUT2D eigenvalue weighted by molar-refractivity contribution is 7.99. The summed E-state index contributed by atoms with van der Waals surface area (Å²) in [5.74, 6) is 0.790. The van der Waals surface area contributed by atoms with Gasteiger partial charge in [0.1, 0.15) is 11.4 Å². The van der Waals surface area contributed by atoms with E-state index in [9.17, 15) is 4.79 Å². The van der Waals surface area contributed by atoms with Gasteiger partial charge in [0.2, 0.25) is 0 Å². The lowest BCUT2D eigenvalue weighted by Crippen LogP contribution is -2.21. The topological polar surface area (TPSA) is 59.0 Å². The Bertz CT molecular complexity index is 1060. The molecule has 2 N–H and O–H groups in total. The van der Waals surface area contributed by atoms with Crippen LogP contribution in [0.2, 0.25) is 0 Å². The van der Waals surface area contributed by atoms with Crippen molar-refractivity contribution >= 4 is 41.1 Å². The van der Waals surface area contributed by atoms with Crippen LogP contribution in [-0.4, -0.2) is 26.6 Å². The minimum absolute atomic E-state index is 0.238. The lowest BCUT2D eigenvalue weighted by atomic mass is 10.1. The number of rotatable bonds is 5. The van der Waals surface area contributed by atoms with Crippen molar-refractivity contribution in [1.82, 2.24) is 20.4 Å². The molecule has 28 heavy (non-hydrogen) atoms. The fourth-order valence-corrected chi connectivity index (χ4v) is 3.81. The van der Waals surface area contributed by atoms with Crippen molar-refractivity contribution in [1.29, 1.82) is 0 Å². The van der Waals surface area contributed by atoms with E-state index in [0.29, 0.717) is 10.8 Å². The molecule has 1 saturated heterocycles. The Balaban J connectivity index is 1.79. The molecule has 0 radical (unpaired) electrons. The lowest BCUT2D eigenvalue weighted by Gasteiger charge is -2.03. The third kappa shape index (κ3) is 3.85. The highest BCUT2D eigenvalue weighted by Gasteiger charge is 2.21. The van der Waals surface area contributed by atoms with Crippen molar-refractivity contribution in [2.75, 3.05) is 5.75 Å². The molecule has 140 valence electrons. The molecular formula is C21H18N4OS2. The molecular weight excluding hydrogens is 388 g/mol. The quantitative estimate of drug-likeness (QED) is 0.381. The molecule has 1 aromatic heterocycles. The number of benzene rings is 2. The van der Waals surface area contributed by atoms with E-state index in [1.807, 2.05) is 41.2 Å². The van der Waals surface area contributed by atoms with Crippen molar-refractivity contribution in [2.24, 2.45) is 0 Å². The molecule has 1 aliphatic rings. The maximum Gasteiger partial charge on any atom is 0.273 e. The predicted octanol–water partition coefficient (Wildman–Crippen LogP) is 4.00. The number of thiocarbonyl (C=S) groups is 1. The van der Waals surface area contributed by atoms with Crippen LogP contribution in [0.5, 0.6) is 0 Å². The van der Waals surface area contributed by atoms with E-state index < -0.39 is 0 Å². The molecule has 4 rings (SSSR count). The van der Waals surface area contributed by atoms with Crippen LogP contribution in [0.4, 0.5) is 0 Å².